The normalized spacial score (nSPS) is 24.5. The topological polar surface area (TPSA) is 109 Å². The second kappa shape index (κ2) is 27.4. The van der Waals surface area contributed by atoms with Gasteiger partial charge in [0.2, 0.25) is 0 Å². The van der Waals surface area contributed by atoms with Gasteiger partial charge in [-0.1, -0.05) is 189 Å². The van der Waals surface area contributed by atoms with E-state index >= 15 is 0 Å². The highest BCUT2D eigenvalue weighted by Gasteiger charge is 2.55. The van der Waals surface area contributed by atoms with Gasteiger partial charge in [-0.2, -0.15) is 0 Å². The van der Waals surface area contributed by atoms with Gasteiger partial charge in [0.15, 0.2) is 12.4 Å². The summed E-state index contributed by atoms with van der Waals surface area (Å²) >= 11 is 1.58. The molecule has 2 aliphatic heterocycles. The number of thioether (sulfide) groups is 1. The van der Waals surface area contributed by atoms with E-state index < -0.39 is 66.5 Å². The van der Waals surface area contributed by atoms with Crippen molar-refractivity contribution in [2.75, 3.05) is 19.0 Å². The third kappa shape index (κ3) is 15.1. The Morgan fingerprint density at radius 3 is 1.11 bits per heavy atom. The fourth-order valence-electron chi connectivity index (χ4n) is 8.63. The number of carbonyl (C=O) groups excluding carboxylic acids is 1. The molecule has 6 aromatic carbocycles. The highest BCUT2D eigenvalue weighted by molar-refractivity contribution is 7.99. The van der Waals surface area contributed by atoms with Gasteiger partial charge in [0.1, 0.15) is 48.2 Å². The van der Waals surface area contributed by atoms with Crippen molar-refractivity contribution in [1.82, 2.24) is 0 Å². The van der Waals surface area contributed by atoms with E-state index in [1.54, 1.807) is 11.8 Å². The molecule has 8 rings (SSSR count). The molecule has 0 spiro atoms. The van der Waals surface area contributed by atoms with Gasteiger partial charge >= 0.3 is 5.97 Å². The zero-order chi connectivity index (χ0) is 48.2. The molecule has 0 amide bonds. The fourth-order valence-corrected chi connectivity index (χ4v) is 9.59. The average Bonchev–Trinajstić information content (AvgIpc) is 3.40. The van der Waals surface area contributed by atoms with E-state index in [1.165, 1.54) is 6.92 Å². The van der Waals surface area contributed by atoms with Crippen LogP contribution in [0.3, 0.4) is 0 Å². The van der Waals surface area contributed by atoms with Crippen LogP contribution < -0.4 is 0 Å². The zero-order valence-corrected chi connectivity index (χ0v) is 40.7. The van der Waals surface area contributed by atoms with Crippen LogP contribution >= 0.6 is 11.8 Å². The van der Waals surface area contributed by atoms with Crippen molar-refractivity contribution in [1.29, 1.82) is 0 Å². The summed E-state index contributed by atoms with van der Waals surface area (Å²) in [5, 5.41) is 0. The quantitative estimate of drug-likeness (QED) is 0.0510. The monoisotopic (exact) mass is 968 g/mol. The summed E-state index contributed by atoms with van der Waals surface area (Å²) in [6, 6.07) is 59.8. The molecule has 0 unspecified atom stereocenters. The van der Waals surface area contributed by atoms with Crippen LogP contribution in [-0.4, -0.2) is 85.5 Å². The molecule has 0 N–H and O–H groups in total. The first-order valence-corrected chi connectivity index (χ1v) is 25.2. The first kappa shape index (κ1) is 51.1. The predicted molar refractivity (Wildman–Crippen MR) is 268 cm³/mol. The van der Waals surface area contributed by atoms with Gasteiger partial charge in [0, 0.05) is 6.92 Å². The number of hydrogen-bond donors (Lipinski definition) is 0. The van der Waals surface area contributed by atoms with Crippen LogP contribution in [0.25, 0.3) is 0 Å². The van der Waals surface area contributed by atoms with Crippen molar-refractivity contribution >= 4 is 17.7 Å². The molecule has 2 fully saturated rings. The van der Waals surface area contributed by atoms with Crippen LogP contribution in [0.15, 0.2) is 182 Å². The molecule has 368 valence electrons. The third-order valence-electron chi connectivity index (χ3n) is 12.0. The highest BCUT2D eigenvalue weighted by Crippen LogP contribution is 2.39. The molecule has 6 aromatic rings. The van der Waals surface area contributed by atoms with Gasteiger partial charge in [0.05, 0.1) is 52.9 Å². The van der Waals surface area contributed by atoms with E-state index in [-0.39, 0.29) is 39.6 Å². The average molecular weight is 969 g/mol. The standard InChI is InChI=1S/C58H64O11S/c1-3-70-58-56(54(65-39-48-32-20-9-21-33-48)52(63-37-46-28-16-7-17-29-46)50(68-58)41-61-35-44-24-12-5-13-25-44)69-57-55(66-42(2)59)53(64-38-47-30-18-8-19-31-47)51(62-36-45-26-14-6-15-27-45)49(67-57)40-60-34-43-22-10-4-11-23-43/h4-33,49-58H,3,34-41H2,1-2H3/t49-,50-,51-,52-,53+,54+,55+,56+,57+,58+/m1/s1. The minimum Gasteiger partial charge on any atom is -0.454 e. The van der Waals surface area contributed by atoms with Crippen molar-refractivity contribution in [2.24, 2.45) is 0 Å². The Morgan fingerprint density at radius 1 is 0.429 bits per heavy atom. The van der Waals surface area contributed by atoms with Gasteiger partial charge in [-0.3, -0.25) is 4.79 Å². The molecule has 70 heavy (non-hydrogen) atoms. The molecule has 2 heterocycles. The molecule has 0 aliphatic carbocycles. The van der Waals surface area contributed by atoms with Crippen molar-refractivity contribution in [3.05, 3.63) is 215 Å². The lowest BCUT2D eigenvalue weighted by Crippen LogP contribution is -2.66. The maximum absolute atomic E-state index is 13.3. The Morgan fingerprint density at radius 2 is 0.757 bits per heavy atom. The van der Waals surface area contributed by atoms with Gasteiger partial charge in [-0.15, -0.1) is 11.8 Å². The summed E-state index contributed by atoms with van der Waals surface area (Å²) in [7, 11) is 0. The molecule has 0 aromatic heterocycles. The molecule has 11 nitrogen and oxygen atoms in total. The zero-order valence-electron chi connectivity index (χ0n) is 39.9. The summed E-state index contributed by atoms with van der Waals surface area (Å²) in [6.45, 7) is 5.46. The molecule has 2 aliphatic rings. The maximum atomic E-state index is 13.3. The fraction of sp³-hybridized carbons (Fsp3) is 0.362. The Labute approximate surface area is 416 Å². The third-order valence-corrected chi connectivity index (χ3v) is 13.1. The van der Waals surface area contributed by atoms with E-state index in [9.17, 15) is 4.79 Å². The number of rotatable bonds is 25. The maximum Gasteiger partial charge on any atom is 0.303 e. The molecule has 2 saturated heterocycles. The predicted octanol–water partition coefficient (Wildman–Crippen LogP) is 10.3. The number of carbonyl (C=O) groups is 1. The van der Waals surface area contributed by atoms with Crippen LogP contribution in [0.4, 0.5) is 0 Å². The summed E-state index contributed by atoms with van der Waals surface area (Å²) in [5.41, 5.74) is 5.29. The summed E-state index contributed by atoms with van der Waals surface area (Å²) in [4.78, 5) is 13.3. The number of benzene rings is 6. The highest BCUT2D eigenvalue weighted by atomic mass is 32.2. The molecular weight excluding hydrogens is 905 g/mol. The smallest absolute Gasteiger partial charge is 0.303 e. The lowest BCUT2D eigenvalue weighted by molar-refractivity contribution is -0.351. The minimum atomic E-state index is -1.20. The van der Waals surface area contributed by atoms with E-state index in [1.807, 2.05) is 182 Å². The first-order valence-electron chi connectivity index (χ1n) is 24.1. The van der Waals surface area contributed by atoms with E-state index in [4.69, 9.17) is 47.4 Å². The van der Waals surface area contributed by atoms with E-state index in [0.717, 1.165) is 33.4 Å². The van der Waals surface area contributed by atoms with Crippen molar-refractivity contribution in [3.8, 4) is 0 Å². The van der Waals surface area contributed by atoms with E-state index in [2.05, 4.69) is 6.92 Å². The minimum absolute atomic E-state index is 0.109. The number of ether oxygens (including phenoxy) is 10. The summed E-state index contributed by atoms with van der Waals surface area (Å²) in [5.74, 6) is 0.155. The summed E-state index contributed by atoms with van der Waals surface area (Å²) in [6.07, 6.45) is -7.54. The number of hydrogen-bond acceptors (Lipinski definition) is 12. The number of esters is 1. The van der Waals surface area contributed by atoms with Crippen molar-refractivity contribution in [3.63, 3.8) is 0 Å². The molecule has 0 bridgehead atoms. The summed E-state index contributed by atoms with van der Waals surface area (Å²) < 4.78 is 68.3. The lowest BCUT2D eigenvalue weighted by atomic mass is 9.96. The van der Waals surface area contributed by atoms with Crippen LogP contribution in [0.2, 0.25) is 0 Å². The molecule has 0 radical (unpaired) electrons. The van der Waals surface area contributed by atoms with E-state index in [0.29, 0.717) is 19.0 Å². The SMILES string of the molecule is CCS[C@@H]1O[C@H](COCc2ccccc2)[C@@H](OCc2ccccc2)[C@H](OCc2ccccc2)[C@@H]1O[C@@H]1O[C@H](COCc2ccccc2)[C@@H](OCc2ccccc2)[C@H](OCc2ccccc2)[C@@H]1OC(C)=O. The van der Waals surface area contributed by atoms with Gasteiger partial charge < -0.3 is 47.4 Å². The van der Waals surface area contributed by atoms with Crippen LogP contribution in [0.1, 0.15) is 47.2 Å². The van der Waals surface area contributed by atoms with Crippen molar-refractivity contribution in [2.45, 2.75) is 114 Å². The lowest BCUT2D eigenvalue weighted by Gasteiger charge is -2.50. The Balaban J connectivity index is 1.16. The Kier molecular flexibility index (Phi) is 20.0. The molecular formula is C58H64O11S. The second-order valence-electron chi connectivity index (χ2n) is 17.3. The Bertz CT molecular complexity index is 2370. The molecule has 0 saturated carbocycles. The van der Waals surface area contributed by atoms with Gasteiger partial charge in [-0.25, -0.2) is 0 Å². The first-order chi connectivity index (χ1) is 34.5. The van der Waals surface area contributed by atoms with Gasteiger partial charge in [0.25, 0.3) is 0 Å². The second-order valence-corrected chi connectivity index (χ2v) is 18.6. The largest absolute Gasteiger partial charge is 0.454 e. The van der Waals surface area contributed by atoms with Gasteiger partial charge in [-0.05, 0) is 39.1 Å². The van der Waals surface area contributed by atoms with Crippen LogP contribution in [0, 0.1) is 0 Å². The van der Waals surface area contributed by atoms with Crippen molar-refractivity contribution < 1.29 is 52.2 Å². The van der Waals surface area contributed by atoms with Crippen LogP contribution in [-0.2, 0) is 91.8 Å². The van der Waals surface area contributed by atoms with Crippen LogP contribution in [0.5, 0.6) is 0 Å². The Hall–Kier alpha value is -5.22. The molecule has 12 heteroatoms. The molecule has 10 atom stereocenters.